The Morgan fingerprint density at radius 1 is 1.41 bits per heavy atom. The molecule has 0 saturated heterocycles. The first kappa shape index (κ1) is 13.4. The lowest BCUT2D eigenvalue weighted by molar-refractivity contribution is -0.143. The molecule has 0 heterocycles. The van der Waals surface area contributed by atoms with Crippen molar-refractivity contribution < 1.29 is 27.1 Å². The van der Waals surface area contributed by atoms with E-state index in [1.807, 2.05) is 0 Å². The SMILES string of the molecule is COC(=O)[C@@H](N)c1ccc(F)c(C(F)(F)F)c1. The number of ether oxygens (including phenoxy) is 1. The molecule has 0 aliphatic heterocycles. The number of hydrogen-bond donors (Lipinski definition) is 1. The number of nitrogens with two attached hydrogens (primary N) is 1. The third kappa shape index (κ3) is 2.94. The molecule has 0 fully saturated rings. The first-order valence-electron chi connectivity index (χ1n) is 4.47. The monoisotopic (exact) mass is 251 g/mol. The highest BCUT2D eigenvalue weighted by atomic mass is 19.4. The predicted octanol–water partition coefficient (Wildman–Crippen LogP) is 2.02. The van der Waals surface area contributed by atoms with Gasteiger partial charge in [0.05, 0.1) is 12.7 Å². The summed E-state index contributed by atoms with van der Waals surface area (Å²) < 4.78 is 54.4. The van der Waals surface area contributed by atoms with Crippen molar-refractivity contribution in [3.63, 3.8) is 0 Å². The molecule has 1 aromatic carbocycles. The molecule has 0 aliphatic rings. The van der Waals surface area contributed by atoms with Crippen molar-refractivity contribution in [2.75, 3.05) is 7.11 Å². The van der Waals surface area contributed by atoms with Gasteiger partial charge in [-0.05, 0) is 17.7 Å². The number of hydrogen-bond acceptors (Lipinski definition) is 3. The van der Waals surface area contributed by atoms with Crippen LogP contribution in [0.2, 0.25) is 0 Å². The predicted molar refractivity (Wildman–Crippen MR) is 50.3 cm³/mol. The summed E-state index contributed by atoms with van der Waals surface area (Å²) in [4.78, 5) is 11.0. The number of benzene rings is 1. The normalized spacial score (nSPS) is 13.3. The molecule has 0 bridgehead atoms. The van der Waals surface area contributed by atoms with E-state index >= 15 is 0 Å². The van der Waals surface area contributed by atoms with E-state index in [1.54, 1.807) is 0 Å². The van der Waals surface area contributed by atoms with Gasteiger partial charge in [0.25, 0.3) is 0 Å². The summed E-state index contributed by atoms with van der Waals surface area (Å²) in [6, 6.07) is 0.742. The highest BCUT2D eigenvalue weighted by Crippen LogP contribution is 2.32. The summed E-state index contributed by atoms with van der Waals surface area (Å²) in [6.45, 7) is 0. The molecular weight excluding hydrogens is 242 g/mol. The standard InChI is InChI=1S/C10H9F4NO2/c1-17-9(16)8(15)5-2-3-7(11)6(4-5)10(12,13)14/h2-4,8H,15H2,1H3/t8-/m0/s1. The number of esters is 1. The third-order valence-corrected chi connectivity index (χ3v) is 2.11. The van der Waals surface area contributed by atoms with Crippen LogP contribution in [-0.4, -0.2) is 13.1 Å². The molecule has 0 aliphatic carbocycles. The van der Waals surface area contributed by atoms with Crippen LogP contribution in [0.25, 0.3) is 0 Å². The largest absolute Gasteiger partial charge is 0.468 e. The van der Waals surface area contributed by atoms with E-state index in [1.165, 1.54) is 0 Å². The van der Waals surface area contributed by atoms with Gasteiger partial charge in [0, 0.05) is 0 Å². The van der Waals surface area contributed by atoms with Crippen molar-refractivity contribution in [3.8, 4) is 0 Å². The van der Waals surface area contributed by atoms with Crippen molar-refractivity contribution in [3.05, 3.63) is 35.1 Å². The van der Waals surface area contributed by atoms with Gasteiger partial charge in [-0.3, -0.25) is 4.79 Å². The number of carbonyl (C=O) groups is 1. The van der Waals surface area contributed by atoms with Gasteiger partial charge in [-0.1, -0.05) is 6.07 Å². The maximum Gasteiger partial charge on any atom is 0.419 e. The molecule has 0 aromatic heterocycles. The van der Waals surface area contributed by atoms with Gasteiger partial charge in [-0.15, -0.1) is 0 Å². The second-order valence-corrected chi connectivity index (χ2v) is 3.24. The molecule has 0 saturated carbocycles. The van der Waals surface area contributed by atoms with Crippen LogP contribution in [0.3, 0.4) is 0 Å². The lowest BCUT2D eigenvalue weighted by Crippen LogP contribution is -2.23. The van der Waals surface area contributed by atoms with Gasteiger partial charge in [0.2, 0.25) is 0 Å². The number of methoxy groups -OCH3 is 1. The number of halogens is 4. The minimum atomic E-state index is -4.84. The van der Waals surface area contributed by atoms with Gasteiger partial charge in [0.15, 0.2) is 0 Å². The summed E-state index contributed by atoms with van der Waals surface area (Å²) in [6.07, 6.45) is -4.84. The number of carbonyl (C=O) groups excluding carboxylic acids is 1. The fourth-order valence-electron chi connectivity index (χ4n) is 1.22. The molecule has 0 radical (unpaired) electrons. The molecule has 7 heteroatoms. The van der Waals surface area contributed by atoms with Crippen molar-refractivity contribution in [1.29, 1.82) is 0 Å². The lowest BCUT2D eigenvalue weighted by atomic mass is 10.0. The van der Waals surface area contributed by atoms with Gasteiger partial charge in [-0.2, -0.15) is 13.2 Å². The van der Waals surface area contributed by atoms with Crippen molar-refractivity contribution in [2.45, 2.75) is 12.2 Å². The summed E-state index contributed by atoms with van der Waals surface area (Å²) in [5, 5.41) is 0. The van der Waals surface area contributed by atoms with Gasteiger partial charge >= 0.3 is 12.1 Å². The highest BCUT2D eigenvalue weighted by Gasteiger charge is 2.35. The molecular formula is C10H9F4NO2. The maximum atomic E-state index is 12.9. The number of alkyl halides is 3. The van der Waals surface area contributed by atoms with Gasteiger partial charge < -0.3 is 10.5 Å². The average molecular weight is 251 g/mol. The van der Waals surface area contributed by atoms with Crippen LogP contribution >= 0.6 is 0 Å². The summed E-state index contributed by atoms with van der Waals surface area (Å²) in [5.41, 5.74) is 3.72. The maximum absolute atomic E-state index is 12.9. The topological polar surface area (TPSA) is 52.3 Å². The van der Waals surface area contributed by atoms with Gasteiger partial charge in [0.1, 0.15) is 11.9 Å². The Bertz CT molecular complexity index is 431. The summed E-state index contributed by atoms with van der Waals surface area (Å²) in [5.74, 6) is -2.32. The average Bonchev–Trinajstić information content (AvgIpc) is 2.26. The zero-order valence-corrected chi connectivity index (χ0v) is 8.72. The smallest absolute Gasteiger partial charge is 0.419 e. The van der Waals surface area contributed by atoms with E-state index < -0.39 is 29.6 Å². The van der Waals surface area contributed by atoms with Crippen LogP contribution in [-0.2, 0) is 15.7 Å². The van der Waals surface area contributed by atoms with Gasteiger partial charge in [-0.25, -0.2) is 4.39 Å². The van der Waals surface area contributed by atoms with E-state index in [2.05, 4.69) is 4.74 Å². The molecule has 0 unspecified atom stereocenters. The van der Waals surface area contributed by atoms with E-state index in [9.17, 15) is 22.4 Å². The minimum absolute atomic E-state index is 0.162. The van der Waals surface area contributed by atoms with Crippen LogP contribution in [0.5, 0.6) is 0 Å². The molecule has 17 heavy (non-hydrogen) atoms. The lowest BCUT2D eigenvalue weighted by Gasteiger charge is -2.13. The first-order valence-corrected chi connectivity index (χ1v) is 4.47. The molecule has 1 rings (SSSR count). The van der Waals surface area contributed by atoms with Crippen LogP contribution in [0.4, 0.5) is 17.6 Å². The van der Waals surface area contributed by atoms with Crippen LogP contribution in [0.15, 0.2) is 18.2 Å². The Labute approximate surface area is 94.2 Å². The van der Waals surface area contributed by atoms with E-state index in [4.69, 9.17) is 5.73 Å². The minimum Gasteiger partial charge on any atom is -0.468 e. The zero-order valence-electron chi connectivity index (χ0n) is 8.72. The summed E-state index contributed by atoms with van der Waals surface area (Å²) >= 11 is 0. The molecule has 94 valence electrons. The molecule has 0 amide bonds. The molecule has 2 N–H and O–H groups in total. The summed E-state index contributed by atoms with van der Waals surface area (Å²) in [7, 11) is 1.05. The second-order valence-electron chi connectivity index (χ2n) is 3.24. The number of rotatable bonds is 2. The Kier molecular flexibility index (Phi) is 3.72. The Balaban J connectivity index is 3.17. The molecule has 1 aromatic rings. The third-order valence-electron chi connectivity index (χ3n) is 2.11. The highest BCUT2D eigenvalue weighted by molar-refractivity contribution is 5.77. The van der Waals surface area contributed by atoms with E-state index in [-0.39, 0.29) is 5.56 Å². The molecule has 3 nitrogen and oxygen atoms in total. The fourth-order valence-corrected chi connectivity index (χ4v) is 1.22. The molecule has 0 spiro atoms. The zero-order chi connectivity index (χ0) is 13.2. The molecule has 1 atom stereocenters. The van der Waals surface area contributed by atoms with E-state index in [0.29, 0.717) is 12.1 Å². The Morgan fingerprint density at radius 3 is 2.47 bits per heavy atom. The van der Waals surface area contributed by atoms with Crippen LogP contribution in [0.1, 0.15) is 17.2 Å². The Morgan fingerprint density at radius 2 is 2.00 bits per heavy atom. The van der Waals surface area contributed by atoms with Crippen LogP contribution < -0.4 is 5.73 Å². The van der Waals surface area contributed by atoms with Crippen molar-refractivity contribution in [2.24, 2.45) is 5.73 Å². The fraction of sp³-hybridized carbons (Fsp3) is 0.300. The van der Waals surface area contributed by atoms with Crippen molar-refractivity contribution >= 4 is 5.97 Å². The Hall–Kier alpha value is -1.63. The van der Waals surface area contributed by atoms with Crippen molar-refractivity contribution in [1.82, 2.24) is 0 Å². The van der Waals surface area contributed by atoms with Crippen LogP contribution in [0, 0.1) is 5.82 Å². The van der Waals surface area contributed by atoms with E-state index in [0.717, 1.165) is 13.2 Å². The second kappa shape index (κ2) is 4.70. The first-order chi connectivity index (χ1) is 7.77. The quantitative estimate of drug-likeness (QED) is 0.646.